The number of benzene rings is 1. The van der Waals surface area contributed by atoms with Crippen molar-refractivity contribution < 1.29 is 14.2 Å². The first kappa shape index (κ1) is 14.5. The van der Waals surface area contributed by atoms with Crippen LogP contribution in [0.2, 0.25) is 0 Å². The third-order valence-electron chi connectivity index (χ3n) is 4.05. The average Bonchev–Trinajstić information content (AvgIpc) is 3.13. The maximum atomic E-state index is 12.5. The molecule has 1 fully saturated rings. The molecule has 0 spiro atoms. The lowest BCUT2D eigenvalue weighted by atomic mass is 10.1. The van der Waals surface area contributed by atoms with Crippen LogP contribution in [0.15, 0.2) is 22.8 Å². The summed E-state index contributed by atoms with van der Waals surface area (Å²) in [6.45, 7) is 2.90. The van der Waals surface area contributed by atoms with E-state index in [0.29, 0.717) is 30.5 Å². The van der Waals surface area contributed by atoms with Crippen molar-refractivity contribution >= 4 is 22.8 Å². The molecule has 1 saturated heterocycles. The van der Waals surface area contributed by atoms with Crippen LogP contribution in [-0.2, 0) is 16.1 Å². The van der Waals surface area contributed by atoms with Gasteiger partial charge in [0.05, 0.1) is 0 Å². The number of hydrogen-bond donors (Lipinski definition) is 0. The van der Waals surface area contributed by atoms with E-state index in [9.17, 15) is 9.59 Å². The van der Waals surface area contributed by atoms with Gasteiger partial charge in [0.25, 0.3) is 0 Å². The number of carbonyl (C=O) groups excluding carboxylic acids is 2. The molecule has 2 heterocycles. The molecule has 1 aliphatic rings. The van der Waals surface area contributed by atoms with Gasteiger partial charge in [-0.25, -0.2) is 4.63 Å². The van der Waals surface area contributed by atoms with Crippen molar-refractivity contribution in [1.82, 2.24) is 20.1 Å². The standard InChI is InChI=1S/C15H18N4O3/c1-10(19-7-3-4-14(19)20)15(21)18(2)9-11-5-6-12-13(8-11)17-22-16-12/h5-6,8,10H,3-4,7,9H2,1-2H3/t10-/m1/s1. The summed E-state index contributed by atoms with van der Waals surface area (Å²) in [4.78, 5) is 27.5. The molecule has 1 aliphatic heterocycles. The van der Waals surface area contributed by atoms with Gasteiger partial charge in [-0.2, -0.15) is 0 Å². The van der Waals surface area contributed by atoms with Crippen molar-refractivity contribution in [3.63, 3.8) is 0 Å². The van der Waals surface area contributed by atoms with Gasteiger partial charge in [-0.05, 0) is 41.4 Å². The molecule has 0 N–H and O–H groups in total. The van der Waals surface area contributed by atoms with Crippen LogP contribution in [0.25, 0.3) is 11.0 Å². The molecular formula is C15H18N4O3. The van der Waals surface area contributed by atoms with Crippen LogP contribution >= 0.6 is 0 Å². The highest BCUT2D eigenvalue weighted by Crippen LogP contribution is 2.17. The minimum atomic E-state index is -0.419. The zero-order valence-electron chi connectivity index (χ0n) is 12.7. The van der Waals surface area contributed by atoms with Crippen LogP contribution in [0.5, 0.6) is 0 Å². The predicted molar refractivity (Wildman–Crippen MR) is 78.7 cm³/mol. The van der Waals surface area contributed by atoms with Gasteiger partial charge in [0.1, 0.15) is 17.1 Å². The second kappa shape index (κ2) is 5.75. The highest BCUT2D eigenvalue weighted by atomic mass is 16.6. The molecule has 1 aromatic heterocycles. The van der Waals surface area contributed by atoms with Gasteiger partial charge < -0.3 is 9.80 Å². The quantitative estimate of drug-likeness (QED) is 0.847. The predicted octanol–water partition coefficient (Wildman–Crippen LogP) is 1.19. The Balaban J connectivity index is 1.68. The number of likely N-dealkylation sites (N-methyl/N-ethyl adjacent to an activating group) is 1. The smallest absolute Gasteiger partial charge is 0.245 e. The van der Waals surface area contributed by atoms with E-state index in [-0.39, 0.29) is 11.8 Å². The molecule has 7 nitrogen and oxygen atoms in total. The topological polar surface area (TPSA) is 79.5 Å². The largest absolute Gasteiger partial charge is 0.340 e. The third kappa shape index (κ3) is 2.66. The number of likely N-dealkylation sites (tertiary alicyclic amines) is 1. The van der Waals surface area contributed by atoms with Crippen LogP contribution in [-0.4, -0.2) is 51.6 Å². The van der Waals surface area contributed by atoms with E-state index in [1.165, 1.54) is 0 Å². The third-order valence-corrected chi connectivity index (χ3v) is 4.05. The lowest BCUT2D eigenvalue weighted by Gasteiger charge is -2.28. The second-order valence-electron chi connectivity index (χ2n) is 5.65. The van der Waals surface area contributed by atoms with Crippen LogP contribution in [0.3, 0.4) is 0 Å². The van der Waals surface area contributed by atoms with Crippen molar-refractivity contribution in [2.24, 2.45) is 0 Å². The second-order valence-corrected chi connectivity index (χ2v) is 5.65. The van der Waals surface area contributed by atoms with Crippen LogP contribution in [0, 0.1) is 0 Å². The van der Waals surface area contributed by atoms with Crippen LogP contribution in [0.1, 0.15) is 25.3 Å². The lowest BCUT2D eigenvalue weighted by molar-refractivity contribution is -0.142. The molecule has 2 amide bonds. The molecule has 0 radical (unpaired) electrons. The highest BCUT2D eigenvalue weighted by Gasteiger charge is 2.30. The van der Waals surface area contributed by atoms with E-state index in [4.69, 9.17) is 0 Å². The van der Waals surface area contributed by atoms with Gasteiger partial charge >= 0.3 is 0 Å². The van der Waals surface area contributed by atoms with Crippen molar-refractivity contribution in [2.45, 2.75) is 32.4 Å². The summed E-state index contributed by atoms with van der Waals surface area (Å²) in [7, 11) is 1.74. The molecule has 0 saturated carbocycles. The molecule has 1 atom stereocenters. The Hall–Kier alpha value is -2.44. The van der Waals surface area contributed by atoms with Crippen molar-refractivity contribution in [2.75, 3.05) is 13.6 Å². The Morgan fingerprint density at radius 2 is 2.18 bits per heavy atom. The summed E-state index contributed by atoms with van der Waals surface area (Å²) in [6, 6.07) is 5.13. The molecule has 2 aromatic rings. The fraction of sp³-hybridized carbons (Fsp3) is 0.467. The van der Waals surface area contributed by atoms with Crippen molar-refractivity contribution in [3.8, 4) is 0 Å². The maximum absolute atomic E-state index is 12.5. The molecule has 1 aromatic carbocycles. The first-order chi connectivity index (χ1) is 10.6. The summed E-state index contributed by atoms with van der Waals surface area (Å²) in [5.74, 6) is -0.00188. The van der Waals surface area contributed by atoms with E-state index in [1.54, 1.807) is 23.8 Å². The van der Waals surface area contributed by atoms with Crippen molar-refractivity contribution in [3.05, 3.63) is 23.8 Å². The summed E-state index contributed by atoms with van der Waals surface area (Å²) in [6.07, 6.45) is 1.37. The highest BCUT2D eigenvalue weighted by molar-refractivity contribution is 5.88. The fourth-order valence-corrected chi connectivity index (χ4v) is 2.81. The Morgan fingerprint density at radius 1 is 1.41 bits per heavy atom. The van der Waals surface area contributed by atoms with E-state index < -0.39 is 6.04 Å². The molecule has 0 aliphatic carbocycles. The summed E-state index contributed by atoms with van der Waals surface area (Å²) >= 11 is 0. The van der Waals surface area contributed by atoms with Crippen LogP contribution in [0.4, 0.5) is 0 Å². The Morgan fingerprint density at radius 3 is 2.91 bits per heavy atom. The van der Waals surface area contributed by atoms with E-state index in [1.807, 2.05) is 18.2 Å². The molecule has 116 valence electrons. The number of nitrogens with zero attached hydrogens (tertiary/aromatic N) is 4. The number of rotatable bonds is 4. The minimum absolute atomic E-state index is 0.0596. The van der Waals surface area contributed by atoms with Gasteiger partial charge in [0, 0.05) is 26.6 Å². The summed E-state index contributed by atoms with van der Waals surface area (Å²) < 4.78 is 4.67. The van der Waals surface area contributed by atoms with Gasteiger partial charge in [0.15, 0.2) is 0 Å². The number of hydrogen-bond acceptors (Lipinski definition) is 5. The molecule has 22 heavy (non-hydrogen) atoms. The average molecular weight is 302 g/mol. The fourth-order valence-electron chi connectivity index (χ4n) is 2.81. The van der Waals surface area contributed by atoms with Gasteiger partial charge in [-0.15, -0.1) is 0 Å². The minimum Gasteiger partial charge on any atom is -0.340 e. The number of aromatic nitrogens is 2. The molecule has 0 unspecified atom stereocenters. The molecule has 7 heteroatoms. The van der Waals surface area contributed by atoms with E-state index in [2.05, 4.69) is 14.9 Å². The summed E-state index contributed by atoms with van der Waals surface area (Å²) in [5, 5.41) is 7.55. The monoisotopic (exact) mass is 302 g/mol. The summed E-state index contributed by atoms with van der Waals surface area (Å²) in [5.41, 5.74) is 2.30. The van der Waals surface area contributed by atoms with Crippen molar-refractivity contribution in [1.29, 1.82) is 0 Å². The first-order valence-electron chi connectivity index (χ1n) is 7.32. The van der Waals surface area contributed by atoms with Crippen LogP contribution < -0.4 is 0 Å². The SMILES string of the molecule is C[C@H](C(=O)N(C)Cc1ccc2nonc2c1)N1CCCC1=O. The number of amides is 2. The van der Waals surface area contributed by atoms with Gasteiger partial charge in [0.2, 0.25) is 11.8 Å². The first-order valence-corrected chi connectivity index (χ1v) is 7.32. The normalized spacial score (nSPS) is 16.3. The van der Waals surface area contributed by atoms with Gasteiger partial charge in [-0.1, -0.05) is 6.07 Å². The van der Waals surface area contributed by atoms with E-state index in [0.717, 1.165) is 12.0 Å². The number of carbonyl (C=O) groups is 2. The van der Waals surface area contributed by atoms with E-state index >= 15 is 0 Å². The zero-order chi connectivity index (χ0) is 15.7. The molecular weight excluding hydrogens is 284 g/mol. The zero-order valence-corrected chi connectivity index (χ0v) is 12.7. The lowest BCUT2D eigenvalue weighted by Crippen LogP contribution is -2.46. The molecule has 0 bridgehead atoms. The Bertz CT molecular complexity index is 712. The molecule has 3 rings (SSSR count). The Kier molecular flexibility index (Phi) is 3.79. The maximum Gasteiger partial charge on any atom is 0.245 e. The number of fused-ring (bicyclic) bond motifs is 1. The van der Waals surface area contributed by atoms with Gasteiger partial charge in [-0.3, -0.25) is 9.59 Å². The Labute approximate surface area is 127 Å².